The van der Waals surface area contributed by atoms with Gasteiger partial charge in [-0.15, -0.1) is 0 Å². The molecule has 0 atom stereocenters. The Labute approximate surface area is 209 Å². The second-order valence-electron chi connectivity index (χ2n) is 8.45. The molecular formula is C26H31N3O5S. The number of ketones is 1. The van der Waals surface area contributed by atoms with E-state index < -0.39 is 0 Å². The Morgan fingerprint density at radius 2 is 1.80 bits per heavy atom. The minimum atomic E-state index is -0.265. The lowest BCUT2D eigenvalue weighted by Crippen LogP contribution is -2.27. The molecule has 8 nitrogen and oxygen atoms in total. The van der Waals surface area contributed by atoms with E-state index in [1.165, 1.54) is 11.8 Å². The summed E-state index contributed by atoms with van der Waals surface area (Å²) in [5.74, 6) is 0.861. The standard InChI is InChI=1S/C26H31N3O5S/c1-17(2)11-13-29-25(32)21-10-7-19(24(31)27-12-14-33-3)15-22(21)28-26(29)35-16-23(30)18-5-8-20(34-4)9-6-18/h5-10,15,17H,11-14,16H2,1-4H3,(H,27,31). The van der Waals surface area contributed by atoms with Crippen LogP contribution in [0.25, 0.3) is 10.9 Å². The van der Waals surface area contributed by atoms with Gasteiger partial charge in [-0.3, -0.25) is 19.0 Å². The summed E-state index contributed by atoms with van der Waals surface area (Å²) in [4.78, 5) is 43.3. The highest BCUT2D eigenvalue weighted by Gasteiger charge is 2.16. The fourth-order valence-corrected chi connectivity index (χ4v) is 4.32. The molecular weight excluding hydrogens is 466 g/mol. The van der Waals surface area contributed by atoms with Crippen molar-refractivity contribution in [2.45, 2.75) is 32.0 Å². The van der Waals surface area contributed by atoms with Crippen molar-refractivity contribution in [1.82, 2.24) is 14.9 Å². The smallest absolute Gasteiger partial charge is 0.262 e. The van der Waals surface area contributed by atoms with Crippen LogP contribution >= 0.6 is 11.8 Å². The predicted molar refractivity (Wildman–Crippen MR) is 138 cm³/mol. The Bertz CT molecular complexity index is 1240. The first-order valence-electron chi connectivity index (χ1n) is 11.5. The number of fused-ring (bicyclic) bond motifs is 1. The SMILES string of the molecule is COCCNC(=O)c1ccc2c(=O)n(CCC(C)C)c(SCC(=O)c3ccc(OC)cc3)nc2c1. The molecule has 1 N–H and O–H groups in total. The van der Waals surface area contributed by atoms with Crippen molar-refractivity contribution in [3.8, 4) is 5.75 Å². The van der Waals surface area contributed by atoms with Crippen molar-refractivity contribution in [1.29, 1.82) is 0 Å². The third-order valence-corrected chi connectivity index (χ3v) is 6.43. The Morgan fingerprint density at radius 1 is 1.09 bits per heavy atom. The maximum absolute atomic E-state index is 13.3. The second kappa shape index (κ2) is 12.5. The van der Waals surface area contributed by atoms with Crippen molar-refractivity contribution in [3.05, 3.63) is 63.9 Å². The molecule has 3 rings (SSSR count). The summed E-state index contributed by atoms with van der Waals surface area (Å²) in [6.07, 6.45) is 0.799. The molecule has 9 heteroatoms. The van der Waals surface area contributed by atoms with Crippen LogP contribution in [-0.2, 0) is 11.3 Å². The summed E-state index contributed by atoms with van der Waals surface area (Å²) in [5, 5.41) is 3.67. The zero-order valence-electron chi connectivity index (χ0n) is 20.5. The van der Waals surface area contributed by atoms with Gasteiger partial charge in [-0.25, -0.2) is 4.98 Å². The van der Waals surface area contributed by atoms with E-state index in [0.717, 1.165) is 6.42 Å². The summed E-state index contributed by atoms with van der Waals surface area (Å²) >= 11 is 1.23. The molecule has 1 amide bonds. The first kappa shape index (κ1) is 26.4. The number of ether oxygens (including phenoxy) is 2. The predicted octanol–water partition coefficient (Wildman–Crippen LogP) is 3.80. The normalized spacial score (nSPS) is 11.1. The molecule has 0 unspecified atom stereocenters. The number of benzene rings is 2. The highest BCUT2D eigenvalue weighted by atomic mass is 32.2. The molecule has 1 heterocycles. The van der Waals surface area contributed by atoms with Gasteiger partial charge in [0.25, 0.3) is 11.5 Å². The van der Waals surface area contributed by atoms with Crippen LogP contribution in [0.1, 0.15) is 41.0 Å². The first-order chi connectivity index (χ1) is 16.8. The highest BCUT2D eigenvalue weighted by Crippen LogP contribution is 2.22. The number of aromatic nitrogens is 2. The molecule has 35 heavy (non-hydrogen) atoms. The Kier molecular flexibility index (Phi) is 9.45. The number of carbonyl (C=O) groups is 2. The number of nitrogens with one attached hydrogen (secondary N) is 1. The van der Waals surface area contributed by atoms with E-state index in [0.29, 0.717) is 58.6 Å². The van der Waals surface area contributed by atoms with Crippen molar-refractivity contribution in [3.63, 3.8) is 0 Å². The van der Waals surface area contributed by atoms with E-state index in [1.807, 2.05) is 0 Å². The van der Waals surface area contributed by atoms with E-state index in [2.05, 4.69) is 19.2 Å². The first-order valence-corrected chi connectivity index (χ1v) is 12.4. The molecule has 0 aliphatic carbocycles. The zero-order chi connectivity index (χ0) is 25.4. The fourth-order valence-electron chi connectivity index (χ4n) is 3.40. The minimum absolute atomic E-state index is 0.0753. The largest absolute Gasteiger partial charge is 0.497 e. The average Bonchev–Trinajstić information content (AvgIpc) is 2.86. The summed E-state index contributed by atoms with van der Waals surface area (Å²) in [6, 6.07) is 11.8. The maximum atomic E-state index is 13.3. The third-order valence-electron chi connectivity index (χ3n) is 5.45. The molecule has 2 aromatic carbocycles. The summed E-state index contributed by atoms with van der Waals surface area (Å²) < 4.78 is 11.7. The summed E-state index contributed by atoms with van der Waals surface area (Å²) in [6.45, 7) is 5.47. The monoisotopic (exact) mass is 497 g/mol. The van der Waals surface area contributed by atoms with E-state index >= 15 is 0 Å². The Hall–Kier alpha value is -3.17. The molecule has 0 aliphatic rings. The quantitative estimate of drug-likeness (QED) is 0.176. The molecule has 0 spiro atoms. The van der Waals surface area contributed by atoms with Crippen molar-refractivity contribution >= 4 is 34.4 Å². The molecule has 0 aliphatic heterocycles. The van der Waals surface area contributed by atoms with Crippen molar-refractivity contribution in [2.24, 2.45) is 5.92 Å². The van der Waals surface area contributed by atoms with Crippen LogP contribution in [0.3, 0.4) is 0 Å². The number of thioether (sulfide) groups is 1. The Balaban J connectivity index is 1.90. The maximum Gasteiger partial charge on any atom is 0.262 e. The van der Waals surface area contributed by atoms with E-state index in [9.17, 15) is 14.4 Å². The number of nitrogens with zero attached hydrogens (tertiary/aromatic N) is 2. The van der Waals surface area contributed by atoms with E-state index in [1.54, 1.807) is 61.3 Å². The molecule has 1 aromatic heterocycles. The van der Waals surface area contributed by atoms with E-state index in [-0.39, 0.29) is 23.0 Å². The van der Waals surface area contributed by atoms with Crippen molar-refractivity contribution < 1.29 is 19.1 Å². The molecule has 0 saturated heterocycles. The molecule has 3 aromatic rings. The van der Waals surface area contributed by atoms with Crippen LogP contribution in [-0.4, -0.2) is 54.4 Å². The van der Waals surface area contributed by atoms with Gasteiger partial charge in [0.15, 0.2) is 10.9 Å². The number of carbonyl (C=O) groups excluding carboxylic acids is 2. The number of hydrogen-bond acceptors (Lipinski definition) is 7. The lowest BCUT2D eigenvalue weighted by Gasteiger charge is -2.14. The van der Waals surface area contributed by atoms with Crippen LogP contribution in [0, 0.1) is 5.92 Å². The number of methoxy groups -OCH3 is 2. The molecule has 186 valence electrons. The van der Waals surface area contributed by atoms with Gasteiger partial charge in [0.1, 0.15) is 5.75 Å². The van der Waals surface area contributed by atoms with Gasteiger partial charge >= 0.3 is 0 Å². The number of Topliss-reactive ketones (excluding diaryl/α,β-unsaturated/α-hetero) is 1. The van der Waals surface area contributed by atoms with Gasteiger partial charge in [0.2, 0.25) is 0 Å². The van der Waals surface area contributed by atoms with Crippen LogP contribution in [0.15, 0.2) is 52.4 Å². The van der Waals surface area contributed by atoms with Crippen LogP contribution in [0.2, 0.25) is 0 Å². The van der Waals surface area contributed by atoms with Gasteiger partial charge in [-0.2, -0.15) is 0 Å². The molecule has 0 fully saturated rings. The Morgan fingerprint density at radius 3 is 2.46 bits per heavy atom. The number of hydrogen-bond donors (Lipinski definition) is 1. The lowest BCUT2D eigenvalue weighted by atomic mass is 10.1. The molecule has 0 saturated carbocycles. The van der Waals surface area contributed by atoms with Gasteiger partial charge in [0, 0.05) is 31.3 Å². The van der Waals surface area contributed by atoms with Gasteiger partial charge in [-0.05, 0) is 54.8 Å². The summed E-state index contributed by atoms with van der Waals surface area (Å²) in [5.41, 5.74) is 1.21. The van der Waals surface area contributed by atoms with Gasteiger partial charge in [0.05, 0.1) is 30.4 Å². The molecule has 0 bridgehead atoms. The molecule has 0 radical (unpaired) electrons. The summed E-state index contributed by atoms with van der Waals surface area (Å²) in [7, 11) is 3.14. The minimum Gasteiger partial charge on any atom is -0.497 e. The average molecular weight is 498 g/mol. The third kappa shape index (κ3) is 6.93. The zero-order valence-corrected chi connectivity index (χ0v) is 21.3. The van der Waals surface area contributed by atoms with Crippen LogP contribution < -0.4 is 15.6 Å². The lowest BCUT2D eigenvalue weighted by molar-refractivity contribution is 0.0936. The van der Waals surface area contributed by atoms with E-state index in [4.69, 9.17) is 14.5 Å². The van der Waals surface area contributed by atoms with Crippen molar-refractivity contribution in [2.75, 3.05) is 33.1 Å². The topological polar surface area (TPSA) is 99.5 Å². The van der Waals surface area contributed by atoms with Gasteiger partial charge < -0.3 is 14.8 Å². The van der Waals surface area contributed by atoms with Crippen LogP contribution in [0.4, 0.5) is 0 Å². The highest BCUT2D eigenvalue weighted by molar-refractivity contribution is 7.99. The second-order valence-corrected chi connectivity index (χ2v) is 9.40. The number of rotatable bonds is 12. The van der Waals surface area contributed by atoms with Crippen LogP contribution in [0.5, 0.6) is 5.75 Å². The number of amides is 1. The fraction of sp³-hybridized carbons (Fsp3) is 0.385. The van der Waals surface area contributed by atoms with Gasteiger partial charge in [-0.1, -0.05) is 25.6 Å².